The van der Waals surface area contributed by atoms with Gasteiger partial charge in [-0.2, -0.15) is 5.10 Å². The zero-order valence-corrected chi connectivity index (χ0v) is 16.8. The molecule has 3 aromatic heterocycles. The average molecular weight is 407 g/mol. The standard InChI is InChI=1S/C13H14N4O.C9H11NO2/c18-12-2-1-7-16(12)10-5-6-11-14-13(9-3-4-9)15-17(11)8-10;11-8-3-4-9(10-5-8)12-6-7-1-2-7/h5-6,8-9H,1-4,7H2;3-5,7,11H,1-2,6H2. The molecule has 0 aromatic carbocycles. The molecule has 1 aliphatic heterocycles. The fraction of sp³-hybridized carbons (Fsp3) is 0.455. The van der Waals surface area contributed by atoms with Crippen molar-refractivity contribution in [3.63, 3.8) is 0 Å². The minimum atomic E-state index is 0.175. The van der Waals surface area contributed by atoms with Gasteiger partial charge in [-0.1, -0.05) is 0 Å². The average Bonchev–Trinajstić information content (AvgIpc) is 3.68. The normalized spacial score (nSPS) is 18.4. The lowest BCUT2D eigenvalue weighted by Crippen LogP contribution is -2.23. The number of amides is 1. The van der Waals surface area contributed by atoms with E-state index in [4.69, 9.17) is 9.84 Å². The number of aromatic nitrogens is 4. The predicted octanol–water partition coefficient (Wildman–Crippen LogP) is 3.31. The summed E-state index contributed by atoms with van der Waals surface area (Å²) in [5.41, 5.74) is 1.80. The molecule has 4 heterocycles. The quantitative estimate of drug-likeness (QED) is 0.698. The molecule has 0 bridgehead atoms. The van der Waals surface area contributed by atoms with Gasteiger partial charge >= 0.3 is 0 Å². The first kappa shape index (κ1) is 18.8. The van der Waals surface area contributed by atoms with Crippen LogP contribution in [0.3, 0.4) is 0 Å². The summed E-state index contributed by atoms with van der Waals surface area (Å²) in [7, 11) is 0. The second-order valence-electron chi connectivity index (χ2n) is 8.19. The third-order valence-corrected chi connectivity index (χ3v) is 5.54. The van der Waals surface area contributed by atoms with Crippen LogP contribution < -0.4 is 9.64 Å². The summed E-state index contributed by atoms with van der Waals surface area (Å²) in [4.78, 5) is 22.0. The molecule has 6 rings (SSSR count). The summed E-state index contributed by atoms with van der Waals surface area (Å²) in [6.45, 7) is 1.58. The molecule has 0 spiro atoms. The SMILES string of the molecule is O=C1CCCN1c1ccc2nc(C3CC3)nn2c1.Oc1ccc(OCC2CC2)nc1. The van der Waals surface area contributed by atoms with Crippen LogP contribution in [0.5, 0.6) is 11.6 Å². The molecule has 156 valence electrons. The van der Waals surface area contributed by atoms with E-state index in [1.54, 1.807) is 16.6 Å². The van der Waals surface area contributed by atoms with Crippen LogP contribution in [0.1, 0.15) is 50.3 Å². The third-order valence-electron chi connectivity index (χ3n) is 5.54. The number of carbonyl (C=O) groups is 1. The van der Waals surface area contributed by atoms with Gasteiger partial charge in [0, 0.05) is 24.9 Å². The first-order chi connectivity index (χ1) is 14.7. The third kappa shape index (κ3) is 4.37. The number of rotatable bonds is 5. The lowest BCUT2D eigenvalue weighted by molar-refractivity contribution is -0.117. The minimum Gasteiger partial charge on any atom is -0.506 e. The van der Waals surface area contributed by atoms with E-state index in [9.17, 15) is 4.79 Å². The zero-order chi connectivity index (χ0) is 20.5. The van der Waals surface area contributed by atoms with Crippen LogP contribution in [-0.4, -0.2) is 43.7 Å². The number of carbonyl (C=O) groups excluding carboxylic acids is 1. The second-order valence-corrected chi connectivity index (χ2v) is 8.19. The van der Waals surface area contributed by atoms with Gasteiger partial charge < -0.3 is 14.7 Å². The minimum absolute atomic E-state index is 0.175. The molecule has 8 nitrogen and oxygen atoms in total. The van der Waals surface area contributed by atoms with E-state index in [2.05, 4.69) is 15.1 Å². The summed E-state index contributed by atoms with van der Waals surface area (Å²) in [5.74, 6) is 3.22. The Labute approximate surface area is 174 Å². The van der Waals surface area contributed by atoms with Crippen molar-refractivity contribution in [2.24, 2.45) is 5.92 Å². The lowest BCUT2D eigenvalue weighted by Gasteiger charge is -2.14. The first-order valence-electron chi connectivity index (χ1n) is 10.6. The molecule has 1 saturated heterocycles. The Balaban J connectivity index is 0.000000140. The Hall–Kier alpha value is -3.16. The van der Waals surface area contributed by atoms with Gasteiger partial charge in [-0.25, -0.2) is 14.5 Å². The second kappa shape index (κ2) is 7.93. The van der Waals surface area contributed by atoms with E-state index in [1.807, 2.05) is 23.2 Å². The summed E-state index contributed by atoms with van der Waals surface area (Å²) in [6, 6.07) is 7.16. The number of hydrogen-bond acceptors (Lipinski definition) is 6. The summed E-state index contributed by atoms with van der Waals surface area (Å²) >= 11 is 0. The van der Waals surface area contributed by atoms with Crippen molar-refractivity contribution in [1.29, 1.82) is 0 Å². The molecule has 1 amide bonds. The lowest BCUT2D eigenvalue weighted by atomic mass is 10.3. The number of pyridine rings is 2. The smallest absolute Gasteiger partial charge is 0.227 e. The molecule has 3 aromatic rings. The number of anilines is 1. The Morgan fingerprint density at radius 1 is 1.13 bits per heavy atom. The molecular weight excluding hydrogens is 382 g/mol. The molecule has 3 fully saturated rings. The first-order valence-corrected chi connectivity index (χ1v) is 10.6. The van der Waals surface area contributed by atoms with Gasteiger partial charge in [0.25, 0.3) is 0 Å². The van der Waals surface area contributed by atoms with E-state index in [0.29, 0.717) is 18.2 Å². The number of aromatic hydroxyl groups is 1. The molecule has 0 radical (unpaired) electrons. The molecular formula is C22H25N5O3. The summed E-state index contributed by atoms with van der Waals surface area (Å²) in [6.07, 6.45) is 9.86. The van der Waals surface area contributed by atoms with Crippen LogP contribution in [0, 0.1) is 5.92 Å². The van der Waals surface area contributed by atoms with Gasteiger partial charge in [-0.3, -0.25) is 4.79 Å². The topological polar surface area (TPSA) is 92.9 Å². The fourth-order valence-electron chi connectivity index (χ4n) is 3.43. The highest BCUT2D eigenvalue weighted by Crippen LogP contribution is 2.38. The van der Waals surface area contributed by atoms with E-state index in [-0.39, 0.29) is 11.7 Å². The number of fused-ring (bicyclic) bond motifs is 1. The molecule has 0 atom stereocenters. The molecule has 1 N–H and O–H groups in total. The molecule has 2 saturated carbocycles. The number of hydrogen-bond donors (Lipinski definition) is 1. The number of nitrogens with zero attached hydrogens (tertiary/aromatic N) is 5. The van der Waals surface area contributed by atoms with E-state index in [0.717, 1.165) is 42.6 Å². The Bertz CT molecular complexity index is 1040. The number of ether oxygens (including phenoxy) is 1. The van der Waals surface area contributed by atoms with Gasteiger partial charge in [-0.15, -0.1) is 0 Å². The maximum absolute atomic E-state index is 11.7. The molecule has 2 aliphatic carbocycles. The highest BCUT2D eigenvalue weighted by atomic mass is 16.5. The van der Waals surface area contributed by atoms with Gasteiger partial charge in [-0.05, 0) is 56.2 Å². The van der Waals surface area contributed by atoms with Crippen LogP contribution in [0.4, 0.5) is 5.69 Å². The molecule has 30 heavy (non-hydrogen) atoms. The highest BCUT2D eigenvalue weighted by molar-refractivity contribution is 5.95. The van der Waals surface area contributed by atoms with E-state index >= 15 is 0 Å². The maximum atomic E-state index is 11.7. The van der Waals surface area contributed by atoms with Crippen LogP contribution in [-0.2, 0) is 4.79 Å². The van der Waals surface area contributed by atoms with Crippen molar-refractivity contribution < 1.29 is 14.6 Å². The van der Waals surface area contributed by atoms with Crippen LogP contribution in [0.2, 0.25) is 0 Å². The molecule has 3 aliphatic rings. The van der Waals surface area contributed by atoms with Crippen molar-refractivity contribution in [2.75, 3.05) is 18.1 Å². The summed E-state index contributed by atoms with van der Waals surface area (Å²) < 4.78 is 7.16. The largest absolute Gasteiger partial charge is 0.506 e. The monoisotopic (exact) mass is 407 g/mol. The summed E-state index contributed by atoms with van der Waals surface area (Å²) in [5, 5.41) is 13.4. The molecule has 0 unspecified atom stereocenters. The highest BCUT2D eigenvalue weighted by Gasteiger charge is 2.28. The van der Waals surface area contributed by atoms with Crippen molar-refractivity contribution in [3.8, 4) is 11.6 Å². The molecule has 8 heteroatoms. The van der Waals surface area contributed by atoms with E-state index < -0.39 is 0 Å². The van der Waals surface area contributed by atoms with Crippen molar-refractivity contribution in [3.05, 3.63) is 42.5 Å². The van der Waals surface area contributed by atoms with Crippen LogP contribution in [0.15, 0.2) is 36.7 Å². The van der Waals surface area contributed by atoms with Crippen molar-refractivity contribution in [1.82, 2.24) is 19.6 Å². The zero-order valence-electron chi connectivity index (χ0n) is 16.8. The van der Waals surface area contributed by atoms with Gasteiger partial charge in [0.1, 0.15) is 5.75 Å². The van der Waals surface area contributed by atoms with Crippen LogP contribution >= 0.6 is 0 Å². The van der Waals surface area contributed by atoms with Crippen molar-refractivity contribution in [2.45, 2.75) is 44.4 Å². The Morgan fingerprint density at radius 3 is 2.67 bits per heavy atom. The predicted molar refractivity (Wildman–Crippen MR) is 111 cm³/mol. The van der Waals surface area contributed by atoms with Gasteiger partial charge in [0.2, 0.25) is 11.8 Å². The van der Waals surface area contributed by atoms with Crippen LogP contribution in [0.25, 0.3) is 5.65 Å². The van der Waals surface area contributed by atoms with Gasteiger partial charge in [0.15, 0.2) is 11.5 Å². The van der Waals surface area contributed by atoms with E-state index in [1.165, 1.54) is 31.9 Å². The fourth-order valence-corrected chi connectivity index (χ4v) is 3.43. The van der Waals surface area contributed by atoms with Gasteiger partial charge in [0.05, 0.1) is 24.7 Å². The Morgan fingerprint density at radius 2 is 2.00 bits per heavy atom. The Kier molecular flexibility index (Phi) is 4.98. The van der Waals surface area contributed by atoms with Crippen molar-refractivity contribution >= 4 is 17.2 Å². The maximum Gasteiger partial charge on any atom is 0.227 e.